The Morgan fingerprint density at radius 2 is 1.81 bits per heavy atom. The van der Waals surface area contributed by atoms with Crippen molar-refractivity contribution < 1.29 is 4.79 Å². The highest BCUT2D eigenvalue weighted by molar-refractivity contribution is 7.20. The van der Waals surface area contributed by atoms with Crippen LogP contribution >= 0.6 is 11.3 Å². The van der Waals surface area contributed by atoms with Gasteiger partial charge in [-0.05, 0) is 33.6 Å². The van der Waals surface area contributed by atoms with Crippen LogP contribution in [0.4, 0.5) is 10.9 Å². The van der Waals surface area contributed by atoms with Crippen LogP contribution in [0.3, 0.4) is 0 Å². The number of nitrogens with zero attached hydrogens (tertiary/aromatic N) is 5. The molecule has 0 bridgehead atoms. The van der Waals surface area contributed by atoms with Crippen LogP contribution in [0.2, 0.25) is 0 Å². The Balaban J connectivity index is 1.39. The number of rotatable bonds is 4. The number of benzene rings is 1. The van der Waals surface area contributed by atoms with Gasteiger partial charge in [0.2, 0.25) is 16.0 Å². The van der Waals surface area contributed by atoms with Crippen LogP contribution < -0.4 is 10.2 Å². The maximum atomic E-state index is 12.5. The van der Waals surface area contributed by atoms with Crippen LogP contribution in [0.5, 0.6) is 0 Å². The number of hydrogen-bond acceptors (Lipinski definition) is 6. The number of nitrogens with one attached hydrogen (secondary N) is 1. The summed E-state index contributed by atoms with van der Waals surface area (Å²) in [7, 11) is 0. The van der Waals surface area contributed by atoms with Gasteiger partial charge in [0.15, 0.2) is 5.82 Å². The Bertz CT molecular complexity index is 1070. The van der Waals surface area contributed by atoms with E-state index in [0.717, 1.165) is 66.2 Å². The average Bonchev–Trinajstić information content (AvgIpc) is 3.26. The maximum absolute atomic E-state index is 12.5. The molecule has 0 atom stereocenters. The predicted octanol–water partition coefficient (Wildman–Crippen LogP) is 4.12. The molecule has 5 rings (SSSR count). The number of imidazole rings is 1. The van der Waals surface area contributed by atoms with Crippen molar-refractivity contribution in [3.05, 3.63) is 30.3 Å². The van der Waals surface area contributed by atoms with E-state index in [9.17, 15) is 4.79 Å². The zero-order chi connectivity index (χ0) is 21.6. The van der Waals surface area contributed by atoms with Crippen LogP contribution in [0.15, 0.2) is 30.3 Å². The standard InChI is InChI=1S/C23H30N6OS/c1-23(2,3)25-19-18(16-8-5-4-6-9-16)24-21-29(19)26-22(31-21)28-14-12-27(13-15-28)20(30)17-10-7-11-17/h4-6,8-9,17,25H,7,10-15H2,1-3H3. The molecule has 3 heterocycles. The van der Waals surface area contributed by atoms with Crippen molar-refractivity contribution in [2.24, 2.45) is 5.92 Å². The smallest absolute Gasteiger partial charge is 0.225 e. The molecule has 0 radical (unpaired) electrons. The first-order valence-corrected chi connectivity index (χ1v) is 12.0. The third kappa shape index (κ3) is 4.01. The first-order chi connectivity index (χ1) is 14.9. The molecule has 1 saturated carbocycles. The molecule has 0 spiro atoms. The lowest BCUT2D eigenvalue weighted by atomic mass is 9.84. The molecule has 1 aliphatic carbocycles. The van der Waals surface area contributed by atoms with Gasteiger partial charge >= 0.3 is 0 Å². The lowest BCUT2D eigenvalue weighted by Gasteiger charge is -2.38. The fourth-order valence-corrected chi connectivity index (χ4v) is 5.12. The molecule has 2 aromatic heterocycles. The van der Waals surface area contributed by atoms with Crippen LogP contribution in [-0.2, 0) is 4.79 Å². The molecule has 1 N–H and O–H groups in total. The summed E-state index contributed by atoms with van der Waals surface area (Å²) in [6, 6.07) is 10.3. The topological polar surface area (TPSA) is 65.8 Å². The van der Waals surface area contributed by atoms with Gasteiger partial charge in [-0.3, -0.25) is 4.79 Å². The summed E-state index contributed by atoms with van der Waals surface area (Å²) in [6.45, 7) is 9.64. The van der Waals surface area contributed by atoms with Gasteiger partial charge in [-0.15, -0.1) is 5.10 Å². The summed E-state index contributed by atoms with van der Waals surface area (Å²) >= 11 is 1.61. The molecule has 1 amide bonds. The number of piperazine rings is 1. The largest absolute Gasteiger partial charge is 0.364 e. The van der Waals surface area contributed by atoms with Gasteiger partial charge in [-0.1, -0.05) is 48.1 Å². The SMILES string of the molecule is CC(C)(C)Nc1c(-c2ccccc2)nc2sc(N3CCN(C(=O)C4CCC4)CC3)nn12. The summed E-state index contributed by atoms with van der Waals surface area (Å²) in [4.78, 5) is 22.7. The van der Waals surface area contributed by atoms with Crippen molar-refractivity contribution in [3.8, 4) is 11.3 Å². The summed E-state index contributed by atoms with van der Waals surface area (Å²) in [5.41, 5.74) is 1.89. The van der Waals surface area contributed by atoms with Crippen molar-refractivity contribution in [2.75, 3.05) is 36.4 Å². The van der Waals surface area contributed by atoms with Crippen LogP contribution in [-0.4, -0.2) is 57.1 Å². The van der Waals surface area contributed by atoms with Gasteiger partial charge in [-0.25, -0.2) is 4.98 Å². The first kappa shape index (κ1) is 20.3. The Hall–Kier alpha value is -2.61. The van der Waals surface area contributed by atoms with E-state index >= 15 is 0 Å². The van der Waals surface area contributed by atoms with Crippen LogP contribution in [0.1, 0.15) is 40.0 Å². The number of carbonyl (C=O) groups is 1. The van der Waals surface area contributed by atoms with Gasteiger partial charge in [-0.2, -0.15) is 4.52 Å². The number of amides is 1. The highest BCUT2D eigenvalue weighted by atomic mass is 32.1. The monoisotopic (exact) mass is 438 g/mol. The molecular formula is C23H30N6OS. The molecule has 1 saturated heterocycles. The van der Waals surface area contributed by atoms with Gasteiger partial charge in [0.25, 0.3) is 0 Å². The molecule has 7 nitrogen and oxygen atoms in total. The summed E-state index contributed by atoms with van der Waals surface area (Å²) < 4.78 is 1.94. The van der Waals surface area contributed by atoms with E-state index in [4.69, 9.17) is 10.1 Å². The molecular weight excluding hydrogens is 408 g/mol. The molecule has 2 fully saturated rings. The van der Waals surface area contributed by atoms with Gasteiger partial charge < -0.3 is 15.1 Å². The van der Waals surface area contributed by atoms with Gasteiger partial charge in [0.05, 0.1) is 0 Å². The van der Waals surface area contributed by atoms with E-state index in [1.807, 2.05) is 27.6 Å². The fraction of sp³-hybridized carbons (Fsp3) is 0.522. The third-order valence-electron chi connectivity index (χ3n) is 6.05. The Morgan fingerprint density at radius 1 is 1.10 bits per heavy atom. The lowest BCUT2D eigenvalue weighted by Crippen LogP contribution is -2.51. The van der Waals surface area contributed by atoms with Crippen molar-refractivity contribution in [1.29, 1.82) is 0 Å². The number of fused-ring (bicyclic) bond motifs is 1. The molecule has 2 aliphatic rings. The molecule has 1 aliphatic heterocycles. The number of hydrogen-bond donors (Lipinski definition) is 1. The minimum Gasteiger partial charge on any atom is -0.364 e. The average molecular weight is 439 g/mol. The molecule has 0 unspecified atom stereocenters. The predicted molar refractivity (Wildman–Crippen MR) is 126 cm³/mol. The van der Waals surface area contributed by atoms with Crippen molar-refractivity contribution in [3.63, 3.8) is 0 Å². The summed E-state index contributed by atoms with van der Waals surface area (Å²) in [6.07, 6.45) is 3.33. The second kappa shape index (κ2) is 7.82. The maximum Gasteiger partial charge on any atom is 0.225 e. The zero-order valence-electron chi connectivity index (χ0n) is 18.5. The first-order valence-electron chi connectivity index (χ1n) is 11.2. The van der Waals surface area contributed by atoms with E-state index in [1.165, 1.54) is 6.42 Å². The van der Waals surface area contributed by atoms with Gasteiger partial charge in [0.1, 0.15) is 5.69 Å². The zero-order valence-corrected chi connectivity index (χ0v) is 19.3. The van der Waals surface area contributed by atoms with Gasteiger partial charge in [0, 0.05) is 43.2 Å². The van der Waals surface area contributed by atoms with E-state index in [0.29, 0.717) is 5.91 Å². The minimum absolute atomic E-state index is 0.114. The van der Waals surface area contributed by atoms with Crippen LogP contribution in [0.25, 0.3) is 16.2 Å². The Morgan fingerprint density at radius 3 is 2.42 bits per heavy atom. The van der Waals surface area contributed by atoms with Crippen molar-refractivity contribution >= 4 is 33.2 Å². The third-order valence-corrected chi connectivity index (χ3v) is 7.02. The van der Waals surface area contributed by atoms with Crippen LogP contribution in [0, 0.1) is 5.92 Å². The molecule has 8 heteroatoms. The highest BCUT2D eigenvalue weighted by Gasteiger charge is 2.32. The molecule has 3 aromatic rings. The number of anilines is 2. The van der Waals surface area contributed by atoms with E-state index in [-0.39, 0.29) is 11.5 Å². The second-order valence-electron chi connectivity index (χ2n) is 9.57. The quantitative estimate of drug-likeness (QED) is 0.664. The summed E-state index contributed by atoms with van der Waals surface area (Å²) in [5, 5.41) is 9.51. The number of carbonyl (C=O) groups excluding carboxylic acids is 1. The number of aromatic nitrogens is 3. The highest BCUT2D eigenvalue weighted by Crippen LogP contribution is 2.35. The molecule has 164 valence electrons. The van der Waals surface area contributed by atoms with Crippen molar-refractivity contribution in [1.82, 2.24) is 19.5 Å². The minimum atomic E-state index is -0.114. The second-order valence-corrected chi connectivity index (χ2v) is 10.5. The normalized spacial score (nSPS) is 17.8. The van der Waals surface area contributed by atoms with Crippen molar-refractivity contribution in [2.45, 2.75) is 45.6 Å². The fourth-order valence-electron chi connectivity index (χ4n) is 4.16. The Labute approximate surface area is 187 Å². The summed E-state index contributed by atoms with van der Waals surface area (Å²) in [5.74, 6) is 1.55. The van der Waals surface area contributed by atoms with E-state index < -0.39 is 0 Å². The molecule has 31 heavy (non-hydrogen) atoms. The molecule has 1 aromatic carbocycles. The van der Waals surface area contributed by atoms with E-state index in [2.05, 4.69) is 43.1 Å². The lowest BCUT2D eigenvalue weighted by molar-refractivity contribution is -0.138. The van der Waals surface area contributed by atoms with E-state index in [1.54, 1.807) is 11.3 Å². The Kier molecular flexibility index (Phi) is 5.12.